The molecule has 0 atom stereocenters. The highest BCUT2D eigenvalue weighted by atomic mass is 16.2. The van der Waals surface area contributed by atoms with Gasteiger partial charge in [0.05, 0.1) is 26.2 Å². The quantitative estimate of drug-likeness (QED) is 0.798. The van der Waals surface area contributed by atoms with E-state index < -0.39 is 0 Å². The molecule has 1 aromatic heterocycles. The molecule has 0 aliphatic carbocycles. The number of aryl methyl sites for hydroxylation is 1. The number of hydrogen-bond donors (Lipinski definition) is 1. The average molecular weight is 382 g/mol. The predicted octanol–water partition coefficient (Wildman–Crippen LogP) is -0.161. The summed E-state index contributed by atoms with van der Waals surface area (Å²) >= 11 is 0. The molecule has 0 unspecified atom stereocenters. The van der Waals surface area contributed by atoms with Crippen molar-refractivity contribution >= 4 is 17.5 Å². The molecule has 2 aliphatic rings. The van der Waals surface area contributed by atoms with Crippen molar-refractivity contribution in [3.05, 3.63) is 48.3 Å². The molecule has 1 aromatic carbocycles. The molecule has 0 bridgehead atoms. The molecule has 2 aromatic rings. The Bertz CT molecular complexity index is 782. The molecule has 3 heterocycles. The molecule has 2 saturated heterocycles. The number of nitrogens with zero attached hydrogens (tertiary/aromatic N) is 5. The minimum absolute atomic E-state index is 0.271. The minimum atomic E-state index is 0.271. The van der Waals surface area contributed by atoms with Gasteiger partial charge in [0.1, 0.15) is 0 Å². The van der Waals surface area contributed by atoms with Gasteiger partial charge in [0.25, 0.3) is 5.91 Å². The first-order valence-electron chi connectivity index (χ1n) is 10.1. The highest BCUT2D eigenvalue weighted by Crippen LogP contribution is 2.18. The normalized spacial score (nSPS) is 18.4. The standard InChI is InChI=1S/C21H28N6O/c1-18-5-2-3-6-19(18)25-11-9-24(10-12-25)17-20(28)26-13-15-27(16-14-26)21-22-7-4-8-23-21/h2-8H,9-17H2,1H3/p+1. The monoisotopic (exact) mass is 381 g/mol. The third-order valence-corrected chi connectivity index (χ3v) is 5.80. The van der Waals surface area contributed by atoms with Crippen molar-refractivity contribution in [1.29, 1.82) is 0 Å². The second-order valence-corrected chi connectivity index (χ2v) is 7.62. The average Bonchev–Trinajstić information content (AvgIpc) is 2.75. The summed E-state index contributed by atoms with van der Waals surface area (Å²) < 4.78 is 0. The van der Waals surface area contributed by atoms with Crippen LogP contribution in [0.15, 0.2) is 42.7 Å². The molecule has 0 spiro atoms. The van der Waals surface area contributed by atoms with Crippen molar-refractivity contribution in [3.8, 4) is 0 Å². The molecule has 2 aliphatic heterocycles. The van der Waals surface area contributed by atoms with Gasteiger partial charge in [-0.1, -0.05) is 18.2 Å². The smallest absolute Gasteiger partial charge is 0.277 e. The van der Waals surface area contributed by atoms with Crippen molar-refractivity contribution in [2.75, 3.05) is 68.7 Å². The number of amides is 1. The summed E-state index contributed by atoms with van der Waals surface area (Å²) in [4.78, 5) is 29.4. The van der Waals surface area contributed by atoms with E-state index in [0.29, 0.717) is 6.54 Å². The van der Waals surface area contributed by atoms with Crippen LogP contribution in [-0.4, -0.2) is 79.7 Å². The first kappa shape index (κ1) is 18.7. The highest BCUT2D eigenvalue weighted by molar-refractivity contribution is 5.77. The van der Waals surface area contributed by atoms with Gasteiger partial charge in [-0.05, 0) is 24.6 Å². The van der Waals surface area contributed by atoms with Crippen LogP contribution in [0.5, 0.6) is 0 Å². The summed E-state index contributed by atoms with van der Waals surface area (Å²) in [5.74, 6) is 1.03. The van der Waals surface area contributed by atoms with Gasteiger partial charge in [0, 0.05) is 44.3 Å². The van der Waals surface area contributed by atoms with Gasteiger partial charge in [0.2, 0.25) is 5.95 Å². The lowest BCUT2D eigenvalue weighted by atomic mass is 10.1. The van der Waals surface area contributed by atoms with Crippen LogP contribution in [0.25, 0.3) is 0 Å². The molecule has 4 rings (SSSR count). The van der Waals surface area contributed by atoms with Crippen LogP contribution in [0, 0.1) is 6.92 Å². The Balaban J connectivity index is 1.24. The Hall–Kier alpha value is -2.67. The van der Waals surface area contributed by atoms with Crippen LogP contribution in [-0.2, 0) is 4.79 Å². The van der Waals surface area contributed by atoms with Crippen molar-refractivity contribution in [2.45, 2.75) is 6.92 Å². The van der Waals surface area contributed by atoms with Crippen LogP contribution >= 0.6 is 0 Å². The fraction of sp³-hybridized carbons (Fsp3) is 0.476. The third kappa shape index (κ3) is 4.25. The number of hydrogen-bond acceptors (Lipinski definition) is 5. The van der Waals surface area contributed by atoms with Gasteiger partial charge in [0.15, 0.2) is 6.54 Å². The van der Waals surface area contributed by atoms with E-state index in [1.165, 1.54) is 16.2 Å². The summed E-state index contributed by atoms with van der Waals surface area (Å²) in [6.45, 7) is 9.90. The summed E-state index contributed by atoms with van der Waals surface area (Å²) in [7, 11) is 0. The number of aromatic nitrogens is 2. The zero-order valence-corrected chi connectivity index (χ0v) is 16.5. The number of benzene rings is 1. The second-order valence-electron chi connectivity index (χ2n) is 7.62. The van der Waals surface area contributed by atoms with Crippen LogP contribution in [0.4, 0.5) is 11.6 Å². The Morgan fingerprint density at radius 1 is 0.929 bits per heavy atom. The van der Waals surface area contributed by atoms with Gasteiger partial charge in [-0.2, -0.15) is 0 Å². The van der Waals surface area contributed by atoms with Gasteiger partial charge in [-0.15, -0.1) is 0 Å². The molecular formula is C21H29N6O+. The van der Waals surface area contributed by atoms with Gasteiger partial charge >= 0.3 is 0 Å². The number of para-hydroxylation sites is 1. The molecule has 7 nitrogen and oxygen atoms in total. The second kappa shape index (κ2) is 8.56. The zero-order chi connectivity index (χ0) is 19.3. The van der Waals surface area contributed by atoms with E-state index in [9.17, 15) is 4.79 Å². The van der Waals surface area contributed by atoms with Crippen molar-refractivity contribution in [3.63, 3.8) is 0 Å². The number of anilines is 2. The summed E-state index contributed by atoms with van der Waals surface area (Å²) in [5, 5.41) is 0. The number of piperazine rings is 2. The lowest BCUT2D eigenvalue weighted by Gasteiger charge is -2.37. The number of carbonyl (C=O) groups excluding carboxylic acids is 1. The summed E-state index contributed by atoms with van der Waals surface area (Å²) in [5.41, 5.74) is 2.65. The molecule has 7 heteroatoms. The predicted molar refractivity (Wildman–Crippen MR) is 110 cm³/mol. The summed E-state index contributed by atoms with van der Waals surface area (Å²) in [6, 6.07) is 10.4. The van der Waals surface area contributed by atoms with E-state index in [-0.39, 0.29) is 5.91 Å². The van der Waals surface area contributed by atoms with Crippen LogP contribution in [0.3, 0.4) is 0 Å². The molecular weight excluding hydrogens is 352 g/mol. The zero-order valence-electron chi connectivity index (χ0n) is 16.5. The largest absolute Gasteiger partial charge is 0.360 e. The van der Waals surface area contributed by atoms with Gasteiger partial charge in [-0.3, -0.25) is 4.79 Å². The van der Waals surface area contributed by atoms with Crippen molar-refractivity contribution in [1.82, 2.24) is 14.9 Å². The van der Waals surface area contributed by atoms with Crippen molar-refractivity contribution in [2.24, 2.45) is 0 Å². The lowest BCUT2D eigenvalue weighted by molar-refractivity contribution is -0.892. The minimum Gasteiger partial charge on any atom is -0.360 e. The van der Waals surface area contributed by atoms with E-state index in [0.717, 1.165) is 58.3 Å². The maximum absolute atomic E-state index is 12.8. The summed E-state index contributed by atoms with van der Waals surface area (Å²) in [6.07, 6.45) is 3.53. The third-order valence-electron chi connectivity index (χ3n) is 5.80. The Labute approximate surface area is 166 Å². The SMILES string of the molecule is Cc1ccccc1N1CC[NH+](CC(=O)N2CCN(c3ncccn3)CC2)CC1. The number of nitrogens with one attached hydrogen (secondary N) is 1. The van der Waals surface area contributed by atoms with E-state index >= 15 is 0 Å². The molecule has 0 saturated carbocycles. The molecule has 1 N–H and O–H groups in total. The van der Waals surface area contributed by atoms with Gasteiger partial charge in [-0.25, -0.2) is 9.97 Å². The number of quaternary nitrogens is 1. The molecule has 1 amide bonds. The van der Waals surface area contributed by atoms with Crippen molar-refractivity contribution < 1.29 is 9.69 Å². The Kier molecular flexibility index (Phi) is 5.71. The Morgan fingerprint density at radius 2 is 1.61 bits per heavy atom. The Morgan fingerprint density at radius 3 is 2.29 bits per heavy atom. The lowest BCUT2D eigenvalue weighted by Crippen LogP contribution is -3.16. The molecule has 2 fully saturated rings. The fourth-order valence-electron chi connectivity index (χ4n) is 4.09. The first-order valence-corrected chi connectivity index (χ1v) is 10.1. The molecule has 28 heavy (non-hydrogen) atoms. The topological polar surface area (TPSA) is 57.0 Å². The van der Waals surface area contributed by atoms with E-state index in [1.807, 2.05) is 11.0 Å². The van der Waals surface area contributed by atoms with E-state index in [1.54, 1.807) is 12.4 Å². The number of rotatable bonds is 4. The maximum atomic E-state index is 12.8. The van der Waals surface area contributed by atoms with E-state index in [2.05, 4.69) is 51.0 Å². The van der Waals surface area contributed by atoms with E-state index in [4.69, 9.17) is 0 Å². The van der Waals surface area contributed by atoms with Crippen LogP contribution in [0.1, 0.15) is 5.56 Å². The fourth-order valence-corrected chi connectivity index (χ4v) is 4.09. The first-order chi connectivity index (χ1) is 13.7. The maximum Gasteiger partial charge on any atom is 0.277 e. The van der Waals surface area contributed by atoms with Gasteiger partial charge < -0.3 is 19.6 Å². The number of carbonyl (C=O) groups is 1. The van der Waals surface area contributed by atoms with Crippen LogP contribution < -0.4 is 14.7 Å². The highest BCUT2D eigenvalue weighted by Gasteiger charge is 2.27. The van der Waals surface area contributed by atoms with Crippen LogP contribution in [0.2, 0.25) is 0 Å². The molecule has 148 valence electrons. The molecule has 0 radical (unpaired) electrons.